The molecule has 0 aliphatic carbocycles. The third-order valence-corrected chi connectivity index (χ3v) is 2.89. The van der Waals surface area contributed by atoms with Crippen molar-refractivity contribution in [3.63, 3.8) is 0 Å². The summed E-state index contributed by atoms with van der Waals surface area (Å²) in [5.74, 6) is -0.409. The van der Waals surface area contributed by atoms with E-state index in [2.05, 4.69) is 0 Å². The first-order valence-corrected chi connectivity index (χ1v) is 5.58. The summed E-state index contributed by atoms with van der Waals surface area (Å²) in [6.07, 6.45) is -0.391. The van der Waals surface area contributed by atoms with E-state index in [1.165, 1.54) is 12.1 Å². The largest absolute Gasteiger partial charge is 0.464 e. The van der Waals surface area contributed by atoms with E-state index in [4.69, 9.17) is 9.47 Å². The third kappa shape index (κ3) is 2.06. The second-order valence-corrected chi connectivity index (χ2v) is 4.17. The molecule has 0 bridgehead atoms. The minimum absolute atomic E-state index is 0.0113. The molecule has 0 radical (unpaired) electrons. The summed E-state index contributed by atoms with van der Waals surface area (Å²) < 4.78 is 10.3. The maximum atomic E-state index is 11.6. The number of esters is 1. The van der Waals surface area contributed by atoms with Gasteiger partial charge in [-0.05, 0) is 31.5 Å². The number of ether oxygens (including phenoxy) is 2. The average Bonchev–Trinajstić information content (AvgIpc) is 3.04. The van der Waals surface area contributed by atoms with E-state index >= 15 is 0 Å². The van der Waals surface area contributed by atoms with Gasteiger partial charge in [0.15, 0.2) is 5.60 Å². The molecule has 96 valence electrons. The Morgan fingerprint density at radius 1 is 1.50 bits per heavy atom. The van der Waals surface area contributed by atoms with Gasteiger partial charge < -0.3 is 9.47 Å². The van der Waals surface area contributed by atoms with E-state index in [0.717, 1.165) is 5.56 Å². The molecule has 1 saturated heterocycles. The molecule has 1 heterocycles. The first-order valence-electron chi connectivity index (χ1n) is 5.58. The summed E-state index contributed by atoms with van der Waals surface area (Å²) in [7, 11) is 0. The van der Waals surface area contributed by atoms with Crippen LogP contribution in [0.2, 0.25) is 0 Å². The third-order valence-electron chi connectivity index (χ3n) is 2.89. The van der Waals surface area contributed by atoms with Crippen molar-refractivity contribution in [3.8, 4) is 0 Å². The van der Waals surface area contributed by atoms with Gasteiger partial charge in [0, 0.05) is 12.1 Å². The molecule has 0 unspecified atom stereocenters. The van der Waals surface area contributed by atoms with Crippen LogP contribution in [0.5, 0.6) is 0 Å². The number of benzene rings is 1. The molecule has 18 heavy (non-hydrogen) atoms. The van der Waals surface area contributed by atoms with E-state index in [9.17, 15) is 14.9 Å². The number of carbonyl (C=O) groups excluding carboxylic acids is 1. The molecule has 1 aromatic carbocycles. The molecule has 1 aliphatic rings. The fourth-order valence-electron chi connectivity index (χ4n) is 1.80. The summed E-state index contributed by atoms with van der Waals surface area (Å²) in [5.41, 5.74) is -0.222. The second-order valence-electron chi connectivity index (χ2n) is 4.17. The normalized spacial score (nSPS) is 25.6. The van der Waals surface area contributed by atoms with Crippen molar-refractivity contribution in [2.24, 2.45) is 0 Å². The van der Waals surface area contributed by atoms with Crippen LogP contribution in [0.3, 0.4) is 0 Å². The summed E-state index contributed by atoms with van der Waals surface area (Å²) in [5, 5.41) is 10.5. The van der Waals surface area contributed by atoms with Crippen LogP contribution in [-0.2, 0) is 14.3 Å². The zero-order valence-corrected chi connectivity index (χ0v) is 10.1. The summed E-state index contributed by atoms with van der Waals surface area (Å²) >= 11 is 0. The zero-order chi connectivity index (χ0) is 13.3. The Balaban J connectivity index is 2.11. The van der Waals surface area contributed by atoms with Gasteiger partial charge in [0.2, 0.25) is 0 Å². The molecule has 0 saturated carbocycles. The number of carbonyl (C=O) groups is 1. The lowest BCUT2D eigenvalue weighted by Crippen LogP contribution is -2.24. The summed E-state index contributed by atoms with van der Waals surface area (Å²) in [6.45, 7) is 3.67. The average molecular weight is 251 g/mol. The maximum absolute atomic E-state index is 11.6. The van der Waals surface area contributed by atoms with Crippen LogP contribution in [0.1, 0.15) is 25.5 Å². The molecule has 2 atom stereocenters. The van der Waals surface area contributed by atoms with Crippen LogP contribution in [0.25, 0.3) is 0 Å². The van der Waals surface area contributed by atoms with Gasteiger partial charge in [0.1, 0.15) is 6.10 Å². The number of hydrogen-bond donors (Lipinski definition) is 0. The number of nitro benzene ring substituents is 1. The Bertz CT molecular complexity index is 484. The molecule has 1 aromatic rings. The highest BCUT2D eigenvalue weighted by Gasteiger charge is 2.60. The maximum Gasteiger partial charge on any atom is 0.341 e. The molecule has 6 heteroatoms. The topological polar surface area (TPSA) is 82.0 Å². The van der Waals surface area contributed by atoms with E-state index < -0.39 is 22.6 Å². The Labute approximate surface area is 104 Å². The second kappa shape index (κ2) is 4.38. The van der Waals surface area contributed by atoms with Gasteiger partial charge in [0.05, 0.1) is 11.5 Å². The van der Waals surface area contributed by atoms with Crippen LogP contribution < -0.4 is 0 Å². The Morgan fingerprint density at radius 3 is 2.61 bits per heavy atom. The van der Waals surface area contributed by atoms with Gasteiger partial charge in [0.25, 0.3) is 5.69 Å². The number of nitrogens with zero attached hydrogens (tertiary/aromatic N) is 1. The van der Waals surface area contributed by atoms with E-state index in [0.29, 0.717) is 6.61 Å². The molecule has 0 N–H and O–H groups in total. The molecule has 6 nitrogen and oxygen atoms in total. The number of nitro groups is 1. The first-order chi connectivity index (χ1) is 8.49. The lowest BCUT2D eigenvalue weighted by Gasteiger charge is -2.05. The smallest absolute Gasteiger partial charge is 0.341 e. The number of hydrogen-bond acceptors (Lipinski definition) is 5. The number of epoxide rings is 1. The van der Waals surface area contributed by atoms with Crippen molar-refractivity contribution < 1.29 is 19.2 Å². The van der Waals surface area contributed by atoms with Crippen LogP contribution >= 0.6 is 0 Å². The molecule has 0 aromatic heterocycles. The van der Waals surface area contributed by atoms with E-state index in [-0.39, 0.29) is 5.69 Å². The molecule has 1 aliphatic heterocycles. The van der Waals surface area contributed by atoms with Crippen molar-refractivity contribution in [2.45, 2.75) is 25.6 Å². The number of rotatable bonds is 4. The Hall–Kier alpha value is -1.95. The van der Waals surface area contributed by atoms with Crippen molar-refractivity contribution in [3.05, 3.63) is 39.9 Å². The van der Waals surface area contributed by atoms with E-state index in [1.807, 2.05) is 0 Å². The molecular weight excluding hydrogens is 238 g/mol. The summed E-state index contributed by atoms with van der Waals surface area (Å²) in [6, 6.07) is 5.96. The number of non-ortho nitro benzene ring substituents is 1. The minimum Gasteiger partial charge on any atom is -0.464 e. The van der Waals surface area contributed by atoms with Gasteiger partial charge in [-0.2, -0.15) is 0 Å². The van der Waals surface area contributed by atoms with Gasteiger partial charge >= 0.3 is 5.97 Å². The molecule has 0 spiro atoms. The Kier molecular flexibility index (Phi) is 3.04. The van der Waals surface area contributed by atoms with E-state index in [1.54, 1.807) is 26.0 Å². The van der Waals surface area contributed by atoms with Crippen LogP contribution in [0.4, 0.5) is 5.69 Å². The van der Waals surface area contributed by atoms with Crippen molar-refractivity contribution in [2.75, 3.05) is 6.61 Å². The lowest BCUT2D eigenvalue weighted by atomic mass is 10.0. The van der Waals surface area contributed by atoms with Crippen LogP contribution in [0.15, 0.2) is 24.3 Å². The highest BCUT2D eigenvalue weighted by Crippen LogP contribution is 2.50. The lowest BCUT2D eigenvalue weighted by molar-refractivity contribution is -0.384. The highest BCUT2D eigenvalue weighted by atomic mass is 16.7. The van der Waals surface area contributed by atoms with Gasteiger partial charge in [-0.15, -0.1) is 0 Å². The standard InChI is InChI=1S/C12H13NO5/c1-3-17-11(14)12(2)10(18-12)8-4-6-9(7-5-8)13(15)16/h4-7,10H,3H2,1-2H3/t10-,12+/m0/s1. The summed E-state index contributed by atoms with van der Waals surface area (Å²) in [4.78, 5) is 21.7. The predicted octanol–water partition coefficient (Wildman–Crippen LogP) is 1.99. The monoisotopic (exact) mass is 251 g/mol. The first kappa shape index (κ1) is 12.5. The molecule has 0 amide bonds. The quantitative estimate of drug-likeness (QED) is 0.353. The molecule has 2 rings (SSSR count). The SMILES string of the molecule is CCOC(=O)[C@]1(C)O[C@H]1c1ccc([N+](=O)[O-])cc1. The van der Waals surface area contributed by atoms with Gasteiger partial charge in [-0.25, -0.2) is 4.79 Å². The van der Waals surface area contributed by atoms with Crippen molar-refractivity contribution >= 4 is 11.7 Å². The van der Waals surface area contributed by atoms with Gasteiger partial charge in [-0.3, -0.25) is 10.1 Å². The fraction of sp³-hybridized carbons (Fsp3) is 0.417. The highest BCUT2D eigenvalue weighted by molar-refractivity contribution is 5.83. The van der Waals surface area contributed by atoms with Crippen molar-refractivity contribution in [1.82, 2.24) is 0 Å². The van der Waals surface area contributed by atoms with Crippen molar-refractivity contribution in [1.29, 1.82) is 0 Å². The predicted molar refractivity (Wildman–Crippen MR) is 62.0 cm³/mol. The molecular formula is C12H13NO5. The van der Waals surface area contributed by atoms with Gasteiger partial charge in [-0.1, -0.05) is 0 Å². The fourth-order valence-corrected chi connectivity index (χ4v) is 1.80. The minimum atomic E-state index is -0.966. The zero-order valence-electron chi connectivity index (χ0n) is 10.1. The Morgan fingerprint density at radius 2 is 2.11 bits per heavy atom. The van der Waals surface area contributed by atoms with Crippen LogP contribution in [-0.4, -0.2) is 23.1 Å². The molecule has 1 fully saturated rings. The van der Waals surface area contributed by atoms with Crippen LogP contribution in [0, 0.1) is 10.1 Å².